The monoisotopic (exact) mass is 470 g/mol. The van der Waals surface area contributed by atoms with Gasteiger partial charge in [-0.15, -0.1) is 0 Å². The number of nitrogens with zero attached hydrogens (tertiary/aromatic N) is 1. The third-order valence-electron chi connectivity index (χ3n) is 6.71. The van der Waals surface area contributed by atoms with Gasteiger partial charge >= 0.3 is 0 Å². The van der Waals surface area contributed by atoms with Crippen molar-refractivity contribution in [2.75, 3.05) is 19.0 Å². The van der Waals surface area contributed by atoms with E-state index < -0.39 is 6.10 Å². The molecule has 0 spiro atoms. The Morgan fingerprint density at radius 2 is 1.69 bits per heavy atom. The van der Waals surface area contributed by atoms with Gasteiger partial charge in [-0.25, -0.2) is 0 Å². The summed E-state index contributed by atoms with van der Waals surface area (Å²) < 4.78 is 11.2. The zero-order valence-electron chi connectivity index (χ0n) is 20.1. The van der Waals surface area contributed by atoms with Crippen LogP contribution in [-0.4, -0.2) is 36.5 Å². The average molecular weight is 471 g/mol. The molecule has 2 atom stereocenters. The number of benzene rings is 3. The largest absolute Gasteiger partial charge is 0.497 e. The summed E-state index contributed by atoms with van der Waals surface area (Å²) in [5.41, 5.74) is 4.04. The maximum atomic E-state index is 13.2. The van der Waals surface area contributed by atoms with E-state index in [-0.39, 0.29) is 23.8 Å². The lowest BCUT2D eigenvalue weighted by atomic mass is 9.87. The Morgan fingerprint density at radius 3 is 2.37 bits per heavy atom. The van der Waals surface area contributed by atoms with E-state index in [9.17, 15) is 9.59 Å². The summed E-state index contributed by atoms with van der Waals surface area (Å²) in [5.74, 6) is 1.50. The minimum atomic E-state index is -0.696. The van der Waals surface area contributed by atoms with Crippen LogP contribution in [0.15, 0.2) is 72.8 Å². The molecule has 6 heteroatoms. The van der Waals surface area contributed by atoms with Gasteiger partial charge in [-0.3, -0.25) is 9.59 Å². The lowest BCUT2D eigenvalue weighted by Crippen LogP contribution is -2.41. The predicted octanol–water partition coefficient (Wildman–Crippen LogP) is 4.99. The average Bonchev–Trinajstić information content (AvgIpc) is 3.74. The van der Waals surface area contributed by atoms with Crippen LogP contribution < -0.4 is 14.8 Å². The van der Waals surface area contributed by atoms with Gasteiger partial charge in [0.25, 0.3) is 5.91 Å². The van der Waals surface area contributed by atoms with E-state index in [2.05, 4.69) is 23.5 Å². The number of hydrogen-bond donors (Lipinski definition) is 1. The molecule has 3 aromatic carbocycles. The second-order valence-corrected chi connectivity index (χ2v) is 9.21. The number of fused-ring (bicyclic) bond motifs is 1. The molecule has 0 unspecified atom stereocenters. The summed E-state index contributed by atoms with van der Waals surface area (Å²) >= 11 is 0. The minimum Gasteiger partial charge on any atom is -0.497 e. The maximum absolute atomic E-state index is 13.2. The number of carbonyl (C=O) groups is 2. The Hall–Kier alpha value is -3.80. The van der Waals surface area contributed by atoms with Crippen molar-refractivity contribution in [3.05, 3.63) is 89.5 Å². The molecule has 6 nitrogen and oxygen atoms in total. The third kappa shape index (κ3) is 5.02. The molecule has 2 amide bonds. The van der Waals surface area contributed by atoms with Crippen molar-refractivity contribution in [3.8, 4) is 11.5 Å². The standard InChI is InChI=1S/C29H30N2O4/c1-19(28(32)30-23-11-14-24(34-2)15-12-23)35-25-13-10-20-16-17-31(29(33)22-8-9-22)27(26(20)18-25)21-6-4-3-5-7-21/h3-7,10-15,18-19,22,27H,8-9,16-17H2,1-2H3,(H,30,32)/t19-,27+/m0/s1. The Balaban J connectivity index is 1.37. The Kier molecular flexibility index (Phi) is 6.45. The second-order valence-electron chi connectivity index (χ2n) is 9.21. The molecule has 1 heterocycles. The molecule has 5 rings (SSSR count). The van der Waals surface area contributed by atoms with E-state index in [1.54, 1.807) is 38.3 Å². The summed E-state index contributed by atoms with van der Waals surface area (Å²) in [7, 11) is 1.60. The van der Waals surface area contributed by atoms with Crippen molar-refractivity contribution in [1.29, 1.82) is 0 Å². The molecule has 0 aromatic heterocycles. The normalized spacial score (nSPS) is 17.8. The number of ether oxygens (including phenoxy) is 2. The van der Waals surface area contributed by atoms with E-state index >= 15 is 0 Å². The summed E-state index contributed by atoms with van der Waals surface area (Å²) in [4.78, 5) is 27.9. The molecule has 1 fully saturated rings. The third-order valence-corrected chi connectivity index (χ3v) is 6.71. The summed E-state index contributed by atoms with van der Waals surface area (Å²) in [5, 5.41) is 2.88. The number of anilines is 1. The van der Waals surface area contributed by atoms with E-state index in [1.807, 2.05) is 35.2 Å². The van der Waals surface area contributed by atoms with Gasteiger partial charge in [-0.2, -0.15) is 0 Å². The van der Waals surface area contributed by atoms with Crippen molar-refractivity contribution >= 4 is 17.5 Å². The van der Waals surface area contributed by atoms with Gasteiger partial charge in [0.1, 0.15) is 11.5 Å². The molecular formula is C29H30N2O4. The Morgan fingerprint density at radius 1 is 0.971 bits per heavy atom. The van der Waals surface area contributed by atoms with Crippen molar-refractivity contribution in [3.63, 3.8) is 0 Å². The number of rotatable bonds is 7. The van der Waals surface area contributed by atoms with Crippen molar-refractivity contribution in [1.82, 2.24) is 4.90 Å². The molecule has 1 N–H and O–H groups in total. The first-order chi connectivity index (χ1) is 17.0. The van der Waals surface area contributed by atoms with E-state index in [4.69, 9.17) is 9.47 Å². The highest BCUT2D eigenvalue weighted by Crippen LogP contribution is 2.41. The molecule has 1 aliphatic heterocycles. The lowest BCUT2D eigenvalue weighted by Gasteiger charge is -2.38. The molecule has 3 aromatic rings. The van der Waals surface area contributed by atoms with Gasteiger partial charge in [0.2, 0.25) is 5.91 Å². The van der Waals surface area contributed by atoms with E-state index in [1.165, 1.54) is 5.56 Å². The zero-order valence-corrected chi connectivity index (χ0v) is 20.1. The molecule has 0 bridgehead atoms. The second kappa shape index (κ2) is 9.82. The molecule has 0 saturated heterocycles. The van der Waals surface area contributed by atoms with Gasteiger partial charge in [-0.1, -0.05) is 36.4 Å². The lowest BCUT2D eigenvalue weighted by molar-refractivity contribution is -0.134. The number of hydrogen-bond acceptors (Lipinski definition) is 4. The Labute approximate surface area is 205 Å². The number of amides is 2. The number of nitrogens with one attached hydrogen (secondary N) is 1. The van der Waals surface area contributed by atoms with Gasteiger partial charge in [0.15, 0.2) is 6.10 Å². The topological polar surface area (TPSA) is 67.9 Å². The molecular weight excluding hydrogens is 440 g/mol. The number of methoxy groups -OCH3 is 1. The highest BCUT2D eigenvalue weighted by Gasteiger charge is 2.39. The van der Waals surface area contributed by atoms with Crippen molar-refractivity contribution in [2.45, 2.75) is 38.3 Å². The van der Waals surface area contributed by atoms with Crippen LogP contribution in [0.3, 0.4) is 0 Å². The van der Waals surface area contributed by atoms with Crippen molar-refractivity contribution in [2.24, 2.45) is 5.92 Å². The first-order valence-corrected chi connectivity index (χ1v) is 12.1. The van der Waals surface area contributed by atoms with Crippen LogP contribution in [0.5, 0.6) is 11.5 Å². The molecule has 35 heavy (non-hydrogen) atoms. The van der Waals surface area contributed by atoms with Crippen LogP contribution in [0.2, 0.25) is 0 Å². The fourth-order valence-corrected chi connectivity index (χ4v) is 4.64. The smallest absolute Gasteiger partial charge is 0.265 e. The van der Waals surface area contributed by atoms with Gasteiger partial charge in [-0.05, 0) is 79.3 Å². The Bertz CT molecular complexity index is 1210. The highest BCUT2D eigenvalue weighted by atomic mass is 16.5. The summed E-state index contributed by atoms with van der Waals surface area (Å²) in [6.07, 6.45) is 2.07. The van der Waals surface area contributed by atoms with Crippen LogP contribution in [0.4, 0.5) is 5.69 Å². The first-order valence-electron chi connectivity index (χ1n) is 12.1. The van der Waals surface area contributed by atoms with E-state index in [0.29, 0.717) is 18.0 Å². The molecule has 0 radical (unpaired) electrons. The fraction of sp³-hybridized carbons (Fsp3) is 0.310. The maximum Gasteiger partial charge on any atom is 0.265 e. The van der Waals surface area contributed by atoms with Gasteiger partial charge in [0, 0.05) is 18.2 Å². The molecule has 180 valence electrons. The van der Waals surface area contributed by atoms with Crippen LogP contribution in [0.1, 0.15) is 42.5 Å². The minimum absolute atomic E-state index is 0.153. The van der Waals surface area contributed by atoms with Crippen LogP contribution in [0.25, 0.3) is 0 Å². The van der Waals surface area contributed by atoms with Crippen LogP contribution >= 0.6 is 0 Å². The SMILES string of the molecule is COc1ccc(NC(=O)[C@H](C)Oc2ccc3c(c2)[C@@H](c2ccccc2)N(C(=O)C2CC2)CC3)cc1. The van der Waals surface area contributed by atoms with Gasteiger partial charge in [0.05, 0.1) is 13.2 Å². The quantitative estimate of drug-likeness (QED) is 0.529. The fourth-order valence-electron chi connectivity index (χ4n) is 4.64. The molecule has 1 aliphatic carbocycles. The summed E-state index contributed by atoms with van der Waals surface area (Å²) in [6, 6.07) is 23.1. The summed E-state index contributed by atoms with van der Waals surface area (Å²) in [6.45, 7) is 2.44. The van der Waals surface area contributed by atoms with Crippen molar-refractivity contribution < 1.29 is 19.1 Å². The van der Waals surface area contributed by atoms with E-state index in [0.717, 1.165) is 36.1 Å². The number of carbonyl (C=O) groups excluding carboxylic acids is 2. The zero-order chi connectivity index (χ0) is 24.4. The molecule has 2 aliphatic rings. The first kappa shape index (κ1) is 23.0. The van der Waals surface area contributed by atoms with Crippen LogP contribution in [0, 0.1) is 5.92 Å². The van der Waals surface area contributed by atoms with Crippen LogP contribution in [-0.2, 0) is 16.0 Å². The highest BCUT2D eigenvalue weighted by molar-refractivity contribution is 5.94. The van der Waals surface area contributed by atoms with Gasteiger partial charge < -0.3 is 19.7 Å². The predicted molar refractivity (Wildman–Crippen MR) is 135 cm³/mol. The molecule has 1 saturated carbocycles.